The minimum atomic E-state index is -4.78. The molecular formula is C40H49F5N8O5S. The summed E-state index contributed by atoms with van der Waals surface area (Å²) >= 11 is 0. The van der Waals surface area contributed by atoms with E-state index in [1.165, 1.54) is 30.0 Å². The molecule has 2 aromatic carbocycles. The number of carbonyl (C=O) groups excluding carboxylic acids is 2. The Bertz CT molecular complexity index is 2170. The van der Waals surface area contributed by atoms with E-state index in [9.17, 15) is 36.3 Å². The number of hydrogen-bond acceptors (Lipinski definition) is 11. The van der Waals surface area contributed by atoms with Gasteiger partial charge < -0.3 is 25.1 Å². The largest absolute Gasteiger partial charge is 0.421 e. The number of alkyl halides is 3. The summed E-state index contributed by atoms with van der Waals surface area (Å²) in [4.78, 5) is 37.1. The number of carbonyl (C=O) groups is 2. The molecule has 7 rings (SSSR count). The maximum Gasteiger partial charge on any atom is 0.421 e. The van der Waals surface area contributed by atoms with Crippen molar-refractivity contribution in [1.82, 2.24) is 24.9 Å². The van der Waals surface area contributed by atoms with Gasteiger partial charge in [0.2, 0.25) is 27.8 Å². The highest BCUT2D eigenvalue weighted by Crippen LogP contribution is 2.38. The number of aromatic nitrogens is 2. The normalized spacial score (nSPS) is 25.3. The highest BCUT2D eigenvalue weighted by atomic mass is 32.2. The SMILES string of the molecule is C[C@@H]1C[C@@H](NS(=O)(=O)c2ccc(Nc3ncc(C(F)(F)F)c(N4CCC[C@](C)(O)C4)n3)c(F)c2)CCN1CC1CCN(c2ccc(C3CCC(=O)NC3=O)c(F)c2)CC1. The van der Waals surface area contributed by atoms with Crippen molar-refractivity contribution < 1.29 is 45.1 Å². The van der Waals surface area contributed by atoms with Gasteiger partial charge in [-0.05, 0) is 102 Å². The van der Waals surface area contributed by atoms with E-state index in [0.29, 0.717) is 49.9 Å². The van der Waals surface area contributed by atoms with Crippen molar-refractivity contribution >= 4 is 45.0 Å². The number of aliphatic hydroxyl groups is 1. The molecular weight excluding hydrogens is 800 g/mol. The number of hydrogen-bond donors (Lipinski definition) is 4. The highest BCUT2D eigenvalue weighted by molar-refractivity contribution is 7.89. The van der Waals surface area contributed by atoms with Crippen molar-refractivity contribution in [1.29, 1.82) is 0 Å². The lowest BCUT2D eigenvalue weighted by Crippen LogP contribution is -2.50. The number of piperidine rings is 4. The molecule has 0 bridgehead atoms. The summed E-state index contributed by atoms with van der Waals surface area (Å²) in [6, 6.07) is 7.81. The van der Waals surface area contributed by atoms with Gasteiger partial charge in [0.1, 0.15) is 23.0 Å². The standard InChI is InChI=1S/C40H49F5N8O5S/c1-24-18-26(12-17-52(24)22-25-10-15-51(16-11-25)27-4-6-29(32(41)19-27)30-7-9-35(54)48-37(30)55)50-59(57,58)28-5-8-34(33(42)20-28)47-38-46-21-31(40(43,44)45)36(49-38)53-14-3-13-39(2,56)23-53/h4-6,8,19-21,24-26,30,50,56H,3,7,9-18,22-23H2,1-2H3,(H,46,47,49)(H,48,54,55)/t24-,26+,30?,39+/m1/s1. The quantitative estimate of drug-likeness (QED) is 0.152. The van der Waals surface area contributed by atoms with Gasteiger partial charge >= 0.3 is 6.18 Å². The lowest BCUT2D eigenvalue weighted by molar-refractivity contribution is -0.138. The first kappa shape index (κ1) is 42.7. The lowest BCUT2D eigenvalue weighted by Gasteiger charge is -2.41. The highest BCUT2D eigenvalue weighted by Gasteiger charge is 2.40. The lowest BCUT2D eigenvalue weighted by atomic mass is 9.89. The molecule has 4 atom stereocenters. The van der Waals surface area contributed by atoms with Gasteiger partial charge in [-0.1, -0.05) is 6.07 Å². The second kappa shape index (κ2) is 16.9. The summed E-state index contributed by atoms with van der Waals surface area (Å²) in [5.41, 5.74) is -1.51. The van der Waals surface area contributed by atoms with Crippen LogP contribution in [-0.4, -0.2) is 97.2 Å². The molecule has 1 aromatic heterocycles. The third-order valence-electron chi connectivity index (χ3n) is 12.0. The van der Waals surface area contributed by atoms with Crippen molar-refractivity contribution in [2.75, 3.05) is 54.4 Å². The molecule has 0 radical (unpaired) electrons. The van der Waals surface area contributed by atoms with E-state index in [1.54, 1.807) is 6.07 Å². The summed E-state index contributed by atoms with van der Waals surface area (Å²) in [6.45, 7) is 6.67. The predicted octanol–water partition coefficient (Wildman–Crippen LogP) is 5.44. The van der Waals surface area contributed by atoms with E-state index in [2.05, 4.69) is 35.1 Å². The Morgan fingerprint density at radius 1 is 0.983 bits per heavy atom. The number of likely N-dealkylation sites (tertiary alicyclic amines) is 1. The Kier molecular flexibility index (Phi) is 12.2. The fourth-order valence-electron chi connectivity index (χ4n) is 8.74. The van der Waals surface area contributed by atoms with Gasteiger partial charge in [0, 0.05) is 68.7 Å². The van der Waals surface area contributed by atoms with E-state index in [1.807, 2.05) is 13.0 Å². The van der Waals surface area contributed by atoms with Crippen LogP contribution < -0.4 is 25.2 Å². The van der Waals surface area contributed by atoms with Gasteiger partial charge in [-0.25, -0.2) is 26.9 Å². The van der Waals surface area contributed by atoms with Crippen LogP contribution in [0.15, 0.2) is 47.5 Å². The monoisotopic (exact) mass is 848 g/mol. The molecule has 4 aliphatic rings. The molecule has 0 aliphatic carbocycles. The van der Waals surface area contributed by atoms with Crippen LogP contribution in [-0.2, 0) is 25.8 Å². The van der Waals surface area contributed by atoms with E-state index in [-0.39, 0.29) is 60.5 Å². The van der Waals surface area contributed by atoms with Crippen LogP contribution in [0, 0.1) is 17.6 Å². The number of nitrogens with one attached hydrogen (secondary N) is 3. The minimum absolute atomic E-state index is 0.0661. The molecule has 19 heteroatoms. The Morgan fingerprint density at radius 3 is 2.41 bits per heavy atom. The molecule has 1 unspecified atom stereocenters. The van der Waals surface area contributed by atoms with Crippen LogP contribution in [0.25, 0.3) is 0 Å². The van der Waals surface area contributed by atoms with E-state index in [4.69, 9.17) is 0 Å². The molecule has 4 saturated heterocycles. The molecule has 0 spiro atoms. The second-order valence-electron chi connectivity index (χ2n) is 16.5. The Labute approximate surface area is 339 Å². The third-order valence-corrected chi connectivity index (χ3v) is 13.5. The number of imide groups is 1. The fourth-order valence-corrected chi connectivity index (χ4v) is 10.0. The first-order valence-electron chi connectivity index (χ1n) is 20.0. The Hall–Kier alpha value is -4.46. The molecule has 13 nitrogen and oxygen atoms in total. The molecule has 59 heavy (non-hydrogen) atoms. The first-order chi connectivity index (χ1) is 27.8. The number of amides is 2. The summed E-state index contributed by atoms with van der Waals surface area (Å²) in [5.74, 6) is -3.32. The zero-order valence-corrected chi connectivity index (χ0v) is 33.7. The number of halogens is 5. The fraction of sp³-hybridized carbons (Fsp3) is 0.550. The summed E-state index contributed by atoms with van der Waals surface area (Å²) in [5, 5.41) is 15.3. The topological polar surface area (TPSA) is 160 Å². The van der Waals surface area contributed by atoms with Crippen LogP contribution in [0.5, 0.6) is 0 Å². The molecule has 5 heterocycles. The van der Waals surface area contributed by atoms with Crippen molar-refractivity contribution in [3.63, 3.8) is 0 Å². The summed E-state index contributed by atoms with van der Waals surface area (Å²) < 4.78 is 102. The van der Waals surface area contributed by atoms with Crippen molar-refractivity contribution in [2.45, 2.75) is 99.9 Å². The van der Waals surface area contributed by atoms with E-state index < -0.39 is 56.6 Å². The number of rotatable bonds is 10. The van der Waals surface area contributed by atoms with E-state index in [0.717, 1.165) is 44.2 Å². The average Bonchev–Trinajstić information content (AvgIpc) is 3.16. The molecule has 4 N–H and O–H groups in total. The maximum absolute atomic E-state index is 15.4. The van der Waals surface area contributed by atoms with Gasteiger partial charge in [0.15, 0.2) is 0 Å². The van der Waals surface area contributed by atoms with Crippen LogP contribution in [0.4, 0.5) is 45.1 Å². The van der Waals surface area contributed by atoms with Crippen LogP contribution >= 0.6 is 0 Å². The van der Waals surface area contributed by atoms with Crippen molar-refractivity contribution in [2.24, 2.45) is 5.92 Å². The van der Waals surface area contributed by atoms with Crippen molar-refractivity contribution in [3.05, 3.63) is 65.4 Å². The molecule has 2 amide bonds. The third kappa shape index (κ3) is 9.95. The smallest absolute Gasteiger partial charge is 0.388 e. The molecule has 320 valence electrons. The number of β-amino-alcohol motifs (C(OH)–C–C–N with tert-alkyl or cyclic N) is 1. The summed E-state index contributed by atoms with van der Waals surface area (Å²) in [6.07, 6.45) is -0.00135. The molecule has 3 aromatic rings. The second-order valence-corrected chi connectivity index (χ2v) is 18.3. The minimum Gasteiger partial charge on any atom is -0.388 e. The van der Waals surface area contributed by atoms with Crippen LogP contribution in [0.1, 0.15) is 82.3 Å². The zero-order chi connectivity index (χ0) is 42.3. The zero-order valence-electron chi connectivity index (χ0n) is 32.9. The molecule has 0 saturated carbocycles. The number of nitrogens with zero attached hydrogens (tertiary/aromatic N) is 5. The van der Waals surface area contributed by atoms with Gasteiger partial charge in [0.05, 0.1) is 22.1 Å². The number of benzene rings is 2. The Balaban J connectivity index is 0.908. The predicted molar refractivity (Wildman–Crippen MR) is 210 cm³/mol. The van der Waals surface area contributed by atoms with Gasteiger partial charge in [0.25, 0.3) is 0 Å². The van der Waals surface area contributed by atoms with Gasteiger partial charge in [-0.15, -0.1) is 0 Å². The number of sulfonamides is 1. The van der Waals surface area contributed by atoms with Gasteiger partial charge in [-0.2, -0.15) is 18.2 Å². The summed E-state index contributed by atoms with van der Waals surface area (Å²) in [7, 11) is -4.13. The van der Waals surface area contributed by atoms with E-state index >= 15 is 8.78 Å². The van der Waals surface area contributed by atoms with Crippen LogP contribution in [0.2, 0.25) is 0 Å². The first-order valence-corrected chi connectivity index (χ1v) is 21.5. The average molecular weight is 849 g/mol. The van der Waals surface area contributed by atoms with Gasteiger partial charge in [-0.3, -0.25) is 14.9 Å². The molecule has 4 aliphatic heterocycles. The van der Waals surface area contributed by atoms with Crippen molar-refractivity contribution in [3.8, 4) is 0 Å². The van der Waals surface area contributed by atoms with Crippen LogP contribution in [0.3, 0.4) is 0 Å². The number of anilines is 4. The molecule has 4 fully saturated rings. The Morgan fingerprint density at radius 2 is 1.75 bits per heavy atom. The maximum atomic E-state index is 15.4.